The predicted octanol–water partition coefficient (Wildman–Crippen LogP) is -2.90. The van der Waals surface area contributed by atoms with Crippen LogP contribution in [-0.2, 0) is 37.5 Å². The second kappa shape index (κ2) is 9.30. The van der Waals surface area contributed by atoms with Gasteiger partial charge in [0.05, 0.1) is 0 Å². The van der Waals surface area contributed by atoms with E-state index in [0.717, 1.165) is 13.2 Å². The molecule has 0 N–H and O–H groups in total. The first kappa shape index (κ1) is 18.6. The van der Waals surface area contributed by atoms with Gasteiger partial charge in [0.15, 0.2) is 0 Å². The van der Waals surface area contributed by atoms with E-state index >= 15 is 0 Å². The monoisotopic (exact) mass is 333 g/mol. The third-order valence-corrected chi connectivity index (χ3v) is 2.23. The van der Waals surface area contributed by atoms with Crippen molar-refractivity contribution in [3.63, 3.8) is 0 Å². The molecule has 0 aliphatic carbocycles. The Morgan fingerprint density at radius 3 is 2.56 bits per heavy atom. The van der Waals surface area contributed by atoms with Crippen LogP contribution in [0.15, 0.2) is 36.4 Å². The van der Waals surface area contributed by atoms with Gasteiger partial charge in [0.25, 0.3) is 0 Å². The normalized spacial score (nSPS) is 8.81. The van der Waals surface area contributed by atoms with Gasteiger partial charge in [-0.3, -0.25) is 0 Å². The first-order valence-electron chi connectivity index (χ1n) is 4.63. The molecule has 0 unspecified atom stereocenters. The second-order valence-corrected chi connectivity index (χ2v) is 3.08. The standard InChI is InChI=1S/C12H13O.2ClH.Zr/c1-2-13-9-11-8-7-10-5-3-4-6-12(10)11;;;/h3-8H,2,9H2,1H3;2*1H;/q-1;;;+3/p-2. The Labute approximate surface area is 128 Å². The fourth-order valence-electron chi connectivity index (χ4n) is 1.55. The molecule has 1 nitrogen and oxygen atoms in total. The maximum atomic E-state index is 5.39. The van der Waals surface area contributed by atoms with Crippen molar-refractivity contribution in [1.29, 1.82) is 0 Å². The Kier molecular flexibility index (Phi) is 10.8. The molecule has 4 heteroatoms. The van der Waals surface area contributed by atoms with Crippen molar-refractivity contribution in [3.8, 4) is 0 Å². The van der Waals surface area contributed by atoms with Crippen molar-refractivity contribution in [1.82, 2.24) is 0 Å². The number of hydrogen-bond acceptors (Lipinski definition) is 1. The van der Waals surface area contributed by atoms with Crippen molar-refractivity contribution < 1.29 is 55.8 Å². The average molecular weight is 335 g/mol. The Balaban J connectivity index is 0. The molecule has 0 spiro atoms. The molecule has 2 aromatic carbocycles. The van der Waals surface area contributed by atoms with Gasteiger partial charge in [-0.25, -0.2) is 0 Å². The molecule has 0 atom stereocenters. The van der Waals surface area contributed by atoms with E-state index < -0.39 is 0 Å². The van der Waals surface area contributed by atoms with E-state index in [0.29, 0.717) is 0 Å². The van der Waals surface area contributed by atoms with Crippen LogP contribution in [-0.4, -0.2) is 6.61 Å². The number of fused-ring (bicyclic) bond motifs is 1. The molecule has 0 amide bonds. The molecule has 2 rings (SSSR count). The molecule has 0 bridgehead atoms. The van der Waals surface area contributed by atoms with Crippen molar-refractivity contribution >= 4 is 10.8 Å². The Morgan fingerprint density at radius 1 is 1.19 bits per heavy atom. The summed E-state index contributed by atoms with van der Waals surface area (Å²) in [7, 11) is 0. The summed E-state index contributed by atoms with van der Waals surface area (Å²) < 4.78 is 5.39. The van der Waals surface area contributed by atoms with E-state index in [4.69, 9.17) is 4.74 Å². The summed E-state index contributed by atoms with van der Waals surface area (Å²) in [6, 6.07) is 12.7. The molecular weight excluding hydrogens is 322 g/mol. The minimum Gasteiger partial charge on any atom is -1.00 e. The smallest absolute Gasteiger partial charge is 1.00 e. The van der Waals surface area contributed by atoms with Crippen molar-refractivity contribution in [2.75, 3.05) is 6.61 Å². The van der Waals surface area contributed by atoms with Gasteiger partial charge in [-0.15, -0.1) is 46.7 Å². The quantitative estimate of drug-likeness (QED) is 0.547. The largest absolute Gasteiger partial charge is 3.00 e. The van der Waals surface area contributed by atoms with E-state index in [9.17, 15) is 0 Å². The number of hydrogen-bond donors (Lipinski definition) is 0. The van der Waals surface area contributed by atoms with Crippen molar-refractivity contribution in [2.45, 2.75) is 13.5 Å². The summed E-state index contributed by atoms with van der Waals surface area (Å²) >= 11 is 0. The van der Waals surface area contributed by atoms with Gasteiger partial charge in [-0.1, -0.05) is 6.07 Å². The van der Waals surface area contributed by atoms with Gasteiger partial charge in [0, 0.05) is 13.2 Å². The molecule has 0 saturated carbocycles. The average Bonchev–Trinajstić information content (AvgIpc) is 2.58. The topological polar surface area (TPSA) is 9.23 Å². The Hall–Kier alpha value is 0.253. The van der Waals surface area contributed by atoms with E-state index in [1.807, 2.05) is 6.92 Å². The summed E-state index contributed by atoms with van der Waals surface area (Å²) in [6.45, 7) is 3.52. The molecule has 0 aliphatic heterocycles. The van der Waals surface area contributed by atoms with Crippen LogP contribution in [0.25, 0.3) is 10.8 Å². The van der Waals surface area contributed by atoms with Crippen molar-refractivity contribution in [3.05, 3.63) is 42.0 Å². The van der Waals surface area contributed by atoms with E-state index in [1.54, 1.807) is 0 Å². The zero-order valence-electron chi connectivity index (χ0n) is 9.04. The van der Waals surface area contributed by atoms with Gasteiger partial charge < -0.3 is 29.6 Å². The predicted molar refractivity (Wildman–Crippen MR) is 54.9 cm³/mol. The first-order chi connectivity index (χ1) is 6.42. The Morgan fingerprint density at radius 2 is 1.88 bits per heavy atom. The molecule has 0 heterocycles. The fraction of sp³-hybridized carbons (Fsp3) is 0.250. The van der Waals surface area contributed by atoms with Crippen LogP contribution < -0.4 is 24.8 Å². The van der Waals surface area contributed by atoms with Crippen LogP contribution in [0.1, 0.15) is 12.5 Å². The molecular formula is C12H13Cl2OZr. The van der Waals surface area contributed by atoms with Crippen molar-refractivity contribution in [2.24, 2.45) is 0 Å². The number of benzene rings is 1. The second-order valence-electron chi connectivity index (χ2n) is 3.08. The van der Waals surface area contributed by atoms with Crippen LogP contribution in [0.5, 0.6) is 0 Å². The summed E-state index contributed by atoms with van der Waals surface area (Å²) in [5, 5.41) is 2.62. The SMILES string of the molecule is CCOCc1c[cH-]c2ccccc12.[Cl-].[Cl-].[Zr+3]. The molecule has 85 valence electrons. The van der Waals surface area contributed by atoms with Gasteiger partial charge in [0.1, 0.15) is 0 Å². The zero-order valence-corrected chi connectivity index (χ0v) is 13.0. The zero-order chi connectivity index (χ0) is 9.10. The number of rotatable bonds is 3. The summed E-state index contributed by atoms with van der Waals surface area (Å²) in [4.78, 5) is 0. The summed E-state index contributed by atoms with van der Waals surface area (Å²) in [6.07, 6.45) is 0. The Bertz CT molecular complexity index is 401. The molecule has 0 aromatic heterocycles. The summed E-state index contributed by atoms with van der Waals surface area (Å²) in [5.74, 6) is 0. The van der Waals surface area contributed by atoms with E-state index in [1.165, 1.54) is 16.3 Å². The van der Waals surface area contributed by atoms with Gasteiger partial charge in [-0.2, -0.15) is 0 Å². The first-order valence-corrected chi connectivity index (χ1v) is 4.63. The van der Waals surface area contributed by atoms with Crippen LogP contribution in [0.3, 0.4) is 0 Å². The molecule has 0 saturated heterocycles. The van der Waals surface area contributed by atoms with Gasteiger partial charge >= 0.3 is 26.2 Å². The third-order valence-electron chi connectivity index (χ3n) is 2.23. The number of halogens is 2. The summed E-state index contributed by atoms with van der Waals surface area (Å²) in [5.41, 5.74) is 1.29. The number of ether oxygens (including phenoxy) is 1. The minimum atomic E-state index is 0. The molecule has 2 aromatic rings. The minimum absolute atomic E-state index is 0. The van der Waals surface area contributed by atoms with E-state index in [2.05, 4.69) is 36.4 Å². The molecule has 0 aliphatic rings. The molecule has 1 radical (unpaired) electrons. The molecule has 16 heavy (non-hydrogen) atoms. The van der Waals surface area contributed by atoms with Crippen LogP contribution in [0, 0.1) is 0 Å². The van der Waals surface area contributed by atoms with Crippen LogP contribution >= 0.6 is 0 Å². The maximum Gasteiger partial charge on any atom is 3.00 e. The van der Waals surface area contributed by atoms with Gasteiger partial charge in [0.2, 0.25) is 0 Å². The maximum absolute atomic E-state index is 5.39. The van der Waals surface area contributed by atoms with Crippen LogP contribution in [0.4, 0.5) is 0 Å². The van der Waals surface area contributed by atoms with E-state index in [-0.39, 0.29) is 51.0 Å². The third kappa shape index (κ3) is 4.26. The fourth-order valence-corrected chi connectivity index (χ4v) is 1.55. The molecule has 0 fully saturated rings. The van der Waals surface area contributed by atoms with Crippen LogP contribution in [0.2, 0.25) is 0 Å². The van der Waals surface area contributed by atoms with Gasteiger partial charge in [-0.05, 0) is 6.92 Å².